The fourth-order valence-corrected chi connectivity index (χ4v) is 1.35. The molecule has 0 radical (unpaired) electrons. The summed E-state index contributed by atoms with van der Waals surface area (Å²) in [5.74, 6) is 1.33. The van der Waals surface area contributed by atoms with Crippen LogP contribution in [0.2, 0.25) is 0 Å². The van der Waals surface area contributed by atoms with Crippen LogP contribution in [-0.4, -0.2) is 0 Å². The Labute approximate surface area is 71.0 Å². The summed E-state index contributed by atoms with van der Waals surface area (Å²) in [6.45, 7) is 14.5. The van der Waals surface area contributed by atoms with Gasteiger partial charge < -0.3 is 0 Å². The van der Waals surface area contributed by atoms with Crippen molar-refractivity contribution in [2.24, 2.45) is 11.8 Å². The fourth-order valence-electron chi connectivity index (χ4n) is 1.35. The summed E-state index contributed by atoms with van der Waals surface area (Å²) < 4.78 is 0. The summed E-state index contributed by atoms with van der Waals surface area (Å²) in [4.78, 5) is 0. The minimum absolute atomic E-state index is 0.637. The van der Waals surface area contributed by atoms with E-state index in [4.69, 9.17) is 0 Å². The number of hydrogen-bond donors (Lipinski definition) is 0. The molecule has 0 bridgehead atoms. The van der Waals surface area contributed by atoms with Crippen LogP contribution in [0.3, 0.4) is 0 Å². The highest BCUT2D eigenvalue weighted by Crippen LogP contribution is 2.24. The van der Waals surface area contributed by atoms with E-state index in [-0.39, 0.29) is 0 Å². The molecule has 0 aromatic carbocycles. The Morgan fingerprint density at radius 2 is 2.00 bits per heavy atom. The summed E-state index contributed by atoms with van der Waals surface area (Å²) in [6, 6.07) is 0. The maximum atomic E-state index is 4.07. The van der Waals surface area contributed by atoms with Gasteiger partial charge in [-0.3, -0.25) is 0 Å². The highest BCUT2D eigenvalue weighted by molar-refractivity contribution is 5.02. The minimum atomic E-state index is 0.637. The van der Waals surface area contributed by atoms with Gasteiger partial charge in [-0.25, -0.2) is 0 Å². The SMILES string of the molecule is C=CCC(C(=C)CC)C(C)C. The molecular weight excluding hydrogens is 132 g/mol. The van der Waals surface area contributed by atoms with E-state index in [9.17, 15) is 0 Å². The zero-order chi connectivity index (χ0) is 8.85. The van der Waals surface area contributed by atoms with Crippen molar-refractivity contribution in [3.8, 4) is 0 Å². The number of rotatable bonds is 5. The van der Waals surface area contributed by atoms with Crippen LogP contribution in [0, 0.1) is 11.8 Å². The Kier molecular flexibility index (Phi) is 4.93. The topological polar surface area (TPSA) is 0 Å². The lowest BCUT2D eigenvalue weighted by atomic mass is 9.85. The van der Waals surface area contributed by atoms with Crippen LogP contribution in [0.1, 0.15) is 33.6 Å². The van der Waals surface area contributed by atoms with Gasteiger partial charge in [-0.1, -0.05) is 39.0 Å². The smallest absolute Gasteiger partial charge is 0.0148 e. The quantitative estimate of drug-likeness (QED) is 0.526. The summed E-state index contributed by atoms with van der Waals surface area (Å²) in [6.07, 6.45) is 4.16. The van der Waals surface area contributed by atoms with Crippen LogP contribution in [0.25, 0.3) is 0 Å². The molecule has 0 N–H and O–H groups in total. The van der Waals surface area contributed by atoms with Gasteiger partial charge in [0.1, 0.15) is 0 Å². The van der Waals surface area contributed by atoms with E-state index < -0.39 is 0 Å². The second-order valence-electron chi connectivity index (χ2n) is 3.39. The van der Waals surface area contributed by atoms with Crippen LogP contribution in [0.4, 0.5) is 0 Å². The van der Waals surface area contributed by atoms with Crippen LogP contribution in [0.5, 0.6) is 0 Å². The van der Waals surface area contributed by atoms with Gasteiger partial charge in [0.15, 0.2) is 0 Å². The Bertz CT molecular complexity index is 131. The minimum Gasteiger partial charge on any atom is -0.103 e. The van der Waals surface area contributed by atoms with Gasteiger partial charge in [0, 0.05) is 0 Å². The second-order valence-corrected chi connectivity index (χ2v) is 3.39. The normalized spacial score (nSPS) is 13.1. The van der Waals surface area contributed by atoms with Crippen molar-refractivity contribution in [2.75, 3.05) is 0 Å². The molecule has 0 heteroatoms. The first kappa shape index (κ1) is 10.5. The third kappa shape index (κ3) is 3.41. The van der Waals surface area contributed by atoms with Gasteiger partial charge in [-0.15, -0.1) is 6.58 Å². The van der Waals surface area contributed by atoms with E-state index in [0.29, 0.717) is 11.8 Å². The van der Waals surface area contributed by atoms with Gasteiger partial charge in [-0.05, 0) is 24.7 Å². The molecule has 0 aromatic rings. The highest BCUT2D eigenvalue weighted by atomic mass is 14.2. The van der Waals surface area contributed by atoms with Gasteiger partial charge in [-0.2, -0.15) is 0 Å². The maximum Gasteiger partial charge on any atom is -0.0148 e. The van der Waals surface area contributed by atoms with Gasteiger partial charge in [0.25, 0.3) is 0 Å². The van der Waals surface area contributed by atoms with Gasteiger partial charge in [0.2, 0.25) is 0 Å². The Hall–Kier alpha value is -0.520. The lowest BCUT2D eigenvalue weighted by Gasteiger charge is -2.20. The van der Waals surface area contributed by atoms with E-state index in [1.807, 2.05) is 6.08 Å². The van der Waals surface area contributed by atoms with Crippen molar-refractivity contribution < 1.29 is 0 Å². The highest BCUT2D eigenvalue weighted by Gasteiger charge is 2.13. The third-order valence-electron chi connectivity index (χ3n) is 2.20. The molecule has 1 unspecified atom stereocenters. The number of hydrogen-bond acceptors (Lipinski definition) is 0. The average Bonchev–Trinajstić information content (AvgIpc) is 1.98. The second kappa shape index (κ2) is 5.17. The standard InChI is InChI=1S/C11H20/c1-6-8-11(9(3)4)10(5)7-2/h6,9,11H,1,5,7-8H2,2-4H3. The van der Waals surface area contributed by atoms with Gasteiger partial charge in [0.05, 0.1) is 0 Å². The van der Waals surface area contributed by atoms with E-state index >= 15 is 0 Å². The average molecular weight is 152 g/mol. The number of allylic oxidation sites excluding steroid dienone is 2. The summed E-state index contributed by atoms with van der Waals surface area (Å²) in [5.41, 5.74) is 1.36. The van der Waals surface area contributed by atoms with Crippen LogP contribution < -0.4 is 0 Å². The monoisotopic (exact) mass is 152 g/mol. The van der Waals surface area contributed by atoms with Crippen LogP contribution in [-0.2, 0) is 0 Å². The first-order valence-corrected chi connectivity index (χ1v) is 4.42. The first-order chi connectivity index (χ1) is 5.13. The zero-order valence-electron chi connectivity index (χ0n) is 8.06. The lowest BCUT2D eigenvalue weighted by Crippen LogP contribution is -2.09. The molecule has 0 aromatic heterocycles. The molecule has 0 aliphatic carbocycles. The molecule has 0 spiro atoms. The van der Waals surface area contributed by atoms with E-state index in [2.05, 4.69) is 33.9 Å². The molecule has 64 valence electrons. The van der Waals surface area contributed by atoms with Crippen molar-refractivity contribution in [1.29, 1.82) is 0 Å². The van der Waals surface area contributed by atoms with Crippen molar-refractivity contribution in [3.63, 3.8) is 0 Å². The van der Waals surface area contributed by atoms with Crippen molar-refractivity contribution in [1.82, 2.24) is 0 Å². The van der Waals surface area contributed by atoms with Gasteiger partial charge >= 0.3 is 0 Å². The third-order valence-corrected chi connectivity index (χ3v) is 2.20. The maximum absolute atomic E-state index is 4.07. The first-order valence-electron chi connectivity index (χ1n) is 4.42. The van der Waals surface area contributed by atoms with Crippen molar-refractivity contribution >= 4 is 0 Å². The molecular formula is C11H20. The van der Waals surface area contributed by atoms with Crippen molar-refractivity contribution in [2.45, 2.75) is 33.6 Å². The molecule has 0 heterocycles. The molecule has 0 saturated heterocycles. The molecule has 0 fully saturated rings. The largest absolute Gasteiger partial charge is 0.103 e. The lowest BCUT2D eigenvalue weighted by molar-refractivity contribution is 0.440. The molecule has 0 rings (SSSR count). The molecule has 0 nitrogen and oxygen atoms in total. The Morgan fingerprint density at radius 1 is 1.45 bits per heavy atom. The van der Waals surface area contributed by atoms with Crippen molar-refractivity contribution in [3.05, 3.63) is 24.8 Å². The predicted molar refractivity (Wildman–Crippen MR) is 52.6 cm³/mol. The molecule has 0 saturated carbocycles. The Balaban J connectivity index is 4.08. The van der Waals surface area contributed by atoms with E-state index in [1.54, 1.807) is 0 Å². The summed E-state index contributed by atoms with van der Waals surface area (Å²) >= 11 is 0. The molecule has 1 atom stereocenters. The summed E-state index contributed by atoms with van der Waals surface area (Å²) in [7, 11) is 0. The molecule has 11 heavy (non-hydrogen) atoms. The molecule has 0 aliphatic heterocycles. The summed E-state index contributed by atoms with van der Waals surface area (Å²) in [5, 5.41) is 0. The molecule has 0 aliphatic rings. The van der Waals surface area contributed by atoms with Crippen LogP contribution in [0.15, 0.2) is 24.8 Å². The van der Waals surface area contributed by atoms with Crippen LogP contribution >= 0.6 is 0 Å². The van der Waals surface area contributed by atoms with E-state index in [1.165, 1.54) is 5.57 Å². The fraction of sp³-hybridized carbons (Fsp3) is 0.636. The van der Waals surface area contributed by atoms with E-state index in [0.717, 1.165) is 12.8 Å². The predicted octanol–water partition coefficient (Wildman–Crippen LogP) is 3.80. The molecule has 0 amide bonds. The Morgan fingerprint density at radius 3 is 2.27 bits per heavy atom. The zero-order valence-corrected chi connectivity index (χ0v) is 8.06.